The van der Waals surface area contributed by atoms with Gasteiger partial charge in [0.2, 0.25) is 11.8 Å². The van der Waals surface area contributed by atoms with E-state index in [-0.39, 0.29) is 23.8 Å². The molecule has 2 aromatic rings. The molecule has 2 atom stereocenters. The molecule has 0 saturated carbocycles. The van der Waals surface area contributed by atoms with E-state index in [0.717, 1.165) is 15.7 Å². The van der Waals surface area contributed by atoms with E-state index in [2.05, 4.69) is 21.2 Å². The van der Waals surface area contributed by atoms with Crippen LogP contribution in [0, 0.1) is 5.92 Å². The minimum absolute atomic E-state index is 0.0601. The number of nitrogens with zero attached hydrogens (tertiary/aromatic N) is 1. The van der Waals surface area contributed by atoms with Crippen LogP contribution in [0.1, 0.15) is 24.4 Å². The van der Waals surface area contributed by atoms with Gasteiger partial charge in [0.1, 0.15) is 0 Å². The van der Waals surface area contributed by atoms with Crippen LogP contribution in [-0.4, -0.2) is 23.8 Å². The number of carbonyl (C=O) groups excluding carboxylic acids is 2. The molecule has 24 heavy (non-hydrogen) atoms. The zero-order valence-electron chi connectivity index (χ0n) is 13.4. The molecule has 0 spiro atoms. The topological polar surface area (TPSA) is 49.4 Å². The van der Waals surface area contributed by atoms with Gasteiger partial charge in [0, 0.05) is 17.9 Å². The molecule has 1 aliphatic rings. The summed E-state index contributed by atoms with van der Waals surface area (Å²) in [5.41, 5.74) is 1.73. The number of likely N-dealkylation sites (tertiary alicyclic amines) is 1. The Morgan fingerprint density at radius 3 is 2.50 bits per heavy atom. The lowest BCUT2D eigenvalue weighted by Crippen LogP contribution is -2.44. The average molecular weight is 387 g/mol. The van der Waals surface area contributed by atoms with Crippen LogP contribution < -0.4 is 5.32 Å². The quantitative estimate of drug-likeness (QED) is 0.866. The van der Waals surface area contributed by atoms with Crippen molar-refractivity contribution in [2.24, 2.45) is 5.92 Å². The summed E-state index contributed by atoms with van der Waals surface area (Å²) in [5.74, 6) is -0.258. The van der Waals surface area contributed by atoms with Crippen LogP contribution in [0.2, 0.25) is 0 Å². The number of carbonyl (C=O) groups is 2. The van der Waals surface area contributed by atoms with E-state index >= 15 is 0 Å². The SMILES string of the molecule is CN1C(=O)CC[C@H](C(=O)Nc2ccccc2Br)[C@H]1c1ccccc1. The monoisotopic (exact) mass is 386 g/mol. The van der Waals surface area contributed by atoms with Crippen LogP contribution in [-0.2, 0) is 9.59 Å². The van der Waals surface area contributed by atoms with E-state index in [0.29, 0.717) is 12.8 Å². The minimum Gasteiger partial charge on any atom is -0.338 e. The molecule has 1 fully saturated rings. The van der Waals surface area contributed by atoms with Crippen LogP contribution >= 0.6 is 15.9 Å². The summed E-state index contributed by atoms with van der Waals surface area (Å²) in [6, 6.07) is 17.0. The zero-order chi connectivity index (χ0) is 17.1. The van der Waals surface area contributed by atoms with Gasteiger partial charge in [-0.2, -0.15) is 0 Å². The zero-order valence-corrected chi connectivity index (χ0v) is 15.0. The molecule has 0 unspecified atom stereocenters. The van der Waals surface area contributed by atoms with E-state index in [1.54, 1.807) is 11.9 Å². The number of amides is 2. The second-order valence-corrected chi connectivity index (χ2v) is 6.83. The molecular formula is C19H19BrN2O2. The molecule has 124 valence electrons. The van der Waals surface area contributed by atoms with E-state index in [9.17, 15) is 9.59 Å². The first-order chi connectivity index (χ1) is 11.6. The van der Waals surface area contributed by atoms with Crippen molar-refractivity contribution < 1.29 is 9.59 Å². The van der Waals surface area contributed by atoms with Crippen molar-refractivity contribution in [3.63, 3.8) is 0 Å². The summed E-state index contributed by atoms with van der Waals surface area (Å²) >= 11 is 3.45. The fourth-order valence-corrected chi connectivity index (χ4v) is 3.59. The predicted octanol–water partition coefficient (Wildman–Crippen LogP) is 4.00. The van der Waals surface area contributed by atoms with Crippen molar-refractivity contribution in [3.8, 4) is 0 Å². The Morgan fingerprint density at radius 2 is 1.79 bits per heavy atom. The smallest absolute Gasteiger partial charge is 0.229 e. The summed E-state index contributed by atoms with van der Waals surface area (Å²) < 4.78 is 0.842. The number of nitrogens with one attached hydrogen (secondary N) is 1. The second kappa shape index (κ2) is 7.18. The number of anilines is 1. The van der Waals surface area contributed by atoms with Crippen molar-refractivity contribution in [2.45, 2.75) is 18.9 Å². The highest BCUT2D eigenvalue weighted by Gasteiger charge is 2.38. The third-order valence-electron chi connectivity index (χ3n) is 4.47. The minimum atomic E-state index is -0.276. The Kier molecular flexibility index (Phi) is 5.00. The molecule has 0 radical (unpaired) electrons. The Bertz CT molecular complexity index is 748. The van der Waals surface area contributed by atoms with Gasteiger partial charge in [-0.15, -0.1) is 0 Å². The Balaban J connectivity index is 1.88. The molecule has 2 amide bonds. The fourth-order valence-electron chi connectivity index (χ4n) is 3.21. The van der Waals surface area contributed by atoms with E-state index in [1.165, 1.54) is 0 Å². The first-order valence-electron chi connectivity index (χ1n) is 7.94. The largest absolute Gasteiger partial charge is 0.338 e. The Hall–Kier alpha value is -2.14. The van der Waals surface area contributed by atoms with E-state index in [4.69, 9.17) is 0 Å². The number of rotatable bonds is 3. The molecule has 0 bridgehead atoms. The first kappa shape index (κ1) is 16.7. The molecule has 1 N–H and O–H groups in total. The third-order valence-corrected chi connectivity index (χ3v) is 5.16. The van der Waals surface area contributed by atoms with Crippen molar-refractivity contribution >= 4 is 33.4 Å². The highest BCUT2D eigenvalue weighted by molar-refractivity contribution is 9.10. The third kappa shape index (κ3) is 3.36. The number of halogens is 1. The first-order valence-corrected chi connectivity index (χ1v) is 8.73. The van der Waals surface area contributed by atoms with Crippen LogP contribution in [0.3, 0.4) is 0 Å². The summed E-state index contributed by atoms with van der Waals surface area (Å²) in [6.07, 6.45) is 0.951. The molecule has 0 aliphatic carbocycles. The van der Waals surface area contributed by atoms with Crippen molar-refractivity contribution in [1.29, 1.82) is 0 Å². The lowest BCUT2D eigenvalue weighted by Gasteiger charge is -2.38. The predicted molar refractivity (Wildman–Crippen MR) is 97.4 cm³/mol. The van der Waals surface area contributed by atoms with Gasteiger partial charge in [-0.1, -0.05) is 42.5 Å². The van der Waals surface area contributed by atoms with Crippen LogP contribution in [0.15, 0.2) is 59.1 Å². The number of hydrogen-bond acceptors (Lipinski definition) is 2. The number of para-hydroxylation sites is 1. The molecule has 0 aromatic heterocycles. The maximum absolute atomic E-state index is 12.9. The van der Waals surface area contributed by atoms with Crippen LogP contribution in [0.5, 0.6) is 0 Å². The maximum atomic E-state index is 12.9. The molecule has 2 aromatic carbocycles. The van der Waals surface area contributed by atoms with Gasteiger partial charge in [-0.05, 0) is 40.0 Å². The van der Waals surface area contributed by atoms with Gasteiger partial charge in [0.25, 0.3) is 0 Å². The molecule has 1 aliphatic heterocycles. The standard InChI is InChI=1S/C19H19BrN2O2/c1-22-17(23)12-11-14(18(22)13-7-3-2-4-8-13)19(24)21-16-10-6-5-9-15(16)20/h2-10,14,18H,11-12H2,1H3,(H,21,24)/t14-,18+/m0/s1. The summed E-state index contributed by atoms with van der Waals surface area (Å²) in [7, 11) is 1.78. The van der Waals surface area contributed by atoms with E-state index in [1.807, 2.05) is 54.6 Å². The molecule has 1 heterocycles. The summed E-state index contributed by atoms with van der Waals surface area (Å²) in [4.78, 5) is 26.7. The lowest BCUT2D eigenvalue weighted by atomic mass is 9.84. The normalized spacial score (nSPS) is 20.8. The van der Waals surface area contributed by atoms with Gasteiger partial charge in [0.05, 0.1) is 17.6 Å². The number of piperidine rings is 1. The molecule has 3 rings (SSSR count). The van der Waals surface area contributed by atoms with Crippen LogP contribution in [0.25, 0.3) is 0 Å². The molecular weight excluding hydrogens is 368 g/mol. The highest BCUT2D eigenvalue weighted by atomic mass is 79.9. The average Bonchev–Trinajstić information content (AvgIpc) is 2.60. The van der Waals surface area contributed by atoms with Gasteiger partial charge >= 0.3 is 0 Å². The maximum Gasteiger partial charge on any atom is 0.229 e. The van der Waals surface area contributed by atoms with Crippen molar-refractivity contribution in [2.75, 3.05) is 12.4 Å². The van der Waals surface area contributed by atoms with Crippen LogP contribution in [0.4, 0.5) is 5.69 Å². The van der Waals surface area contributed by atoms with Gasteiger partial charge in [-0.3, -0.25) is 9.59 Å². The van der Waals surface area contributed by atoms with Gasteiger partial charge in [-0.25, -0.2) is 0 Å². The fraction of sp³-hybridized carbons (Fsp3) is 0.263. The number of hydrogen-bond donors (Lipinski definition) is 1. The molecule has 4 nitrogen and oxygen atoms in total. The van der Waals surface area contributed by atoms with Gasteiger partial charge in [0.15, 0.2) is 0 Å². The molecule has 5 heteroatoms. The van der Waals surface area contributed by atoms with Crippen molar-refractivity contribution in [3.05, 3.63) is 64.6 Å². The van der Waals surface area contributed by atoms with Crippen molar-refractivity contribution in [1.82, 2.24) is 4.90 Å². The Morgan fingerprint density at radius 1 is 1.12 bits per heavy atom. The van der Waals surface area contributed by atoms with E-state index < -0.39 is 0 Å². The second-order valence-electron chi connectivity index (χ2n) is 5.97. The van der Waals surface area contributed by atoms with Gasteiger partial charge < -0.3 is 10.2 Å². The highest BCUT2D eigenvalue weighted by Crippen LogP contribution is 2.36. The summed E-state index contributed by atoms with van der Waals surface area (Å²) in [5, 5.41) is 2.99. The lowest BCUT2D eigenvalue weighted by molar-refractivity contribution is -0.140. The summed E-state index contributed by atoms with van der Waals surface area (Å²) in [6.45, 7) is 0. The Labute approximate surface area is 150 Å². The number of benzene rings is 2. The molecule has 1 saturated heterocycles.